The van der Waals surface area contributed by atoms with E-state index in [9.17, 15) is 4.79 Å². The zero-order chi connectivity index (χ0) is 15.1. The van der Waals surface area contributed by atoms with Crippen molar-refractivity contribution in [1.29, 1.82) is 0 Å². The number of aromatic amines is 1. The van der Waals surface area contributed by atoms with Crippen molar-refractivity contribution in [3.63, 3.8) is 0 Å². The van der Waals surface area contributed by atoms with E-state index in [4.69, 9.17) is 0 Å². The van der Waals surface area contributed by atoms with Crippen LogP contribution in [0, 0.1) is 13.8 Å². The van der Waals surface area contributed by atoms with Gasteiger partial charge in [-0.2, -0.15) is 0 Å². The zero-order valence-corrected chi connectivity index (χ0v) is 12.5. The second-order valence-electron chi connectivity index (χ2n) is 5.31. The number of aryl methyl sites for hydroxylation is 2. The molecule has 0 spiro atoms. The Hall–Kier alpha value is -2.63. The minimum Gasteiger partial charge on any atom is -0.363 e. The van der Waals surface area contributed by atoms with Crippen molar-refractivity contribution < 1.29 is 0 Å². The summed E-state index contributed by atoms with van der Waals surface area (Å²) in [6.45, 7) is 3.75. The molecular weight excluding hydrogens is 266 g/mol. The highest BCUT2D eigenvalue weighted by molar-refractivity contribution is 5.79. The monoisotopic (exact) mass is 283 g/mol. The van der Waals surface area contributed by atoms with Gasteiger partial charge in [0, 0.05) is 48.9 Å². The molecule has 0 saturated carbocycles. The molecule has 3 aromatic rings. The van der Waals surface area contributed by atoms with E-state index >= 15 is 0 Å². The normalized spacial score (nSPS) is 11.0. The van der Waals surface area contributed by atoms with Gasteiger partial charge in [-0.15, -0.1) is 0 Å². The summed E-state index contributed by atoms with van der Waals surface area (Å²) >= 11 is 0. The highest BCUT2D eigenvalue weighted by Gasteiger charge is 2.14. The van der Waals surface area contributed by atoms with Gasteiger partial charge in [-0.25, -0.2) is 14.5 Å². The molecule has 0 atom stereocenters. The highest BCUT2D eigenvalue weighted by Crippen LogP contribution is 2.26. The van der Waals surface area contributed by atoms with Crippen molar-refractivity contribution in [2.45, 2.75) is 13.8 Å². The van der Waals surface area contributed by atoms with Gasteiger partial charge < -0.3 is 4.90 Å². The molecule has 6 heteroatoms. The molecule has 0 aliphatic carbocycles. The van der Waals surface area contributed by atoms with Crippen molar-refractivity contribution in [1.82, 2.24) is 19.6 Å². The molecule has 21 heavy (non-hydrogen) atoms. The lowest BCUT2D eigenvalue weighted by molar-refractivity contribution is 0.873. The molecule has 3 heterocycles. The van der Waals surface area contributed by atoms with Crippen molar-refractivity contribution >= 4 is 11.5 Å². The highest BCUT2D eigenvalue weighted by atomic mass is 16.1. The van der Waals surface area contributed by atoms with Crippen LogP contribution in [0.2, 0.25) is 0 Å². The van der Waals surface area contributed by atoms with Crippen LogP contribution in [-0.2, 0) is 0 Å². The van der Waals surface area contributed by atoms with Crippen LogP contribution < -0.4 is 10.5 Å². The lowest BCUT2D eigenvalue weighted by Crippen LogP contribution is -2.14. The second kappa shape index (κ2) is 4.73. The predicted molar refractivity (Wildman–Crippen MR) is 82.8 cm³/mol. The standard InChI is InChI=1S/C15H17N5O/c1-9-7-13(21)20-15(17-9)14(10(2)18-20)11-5-6-12(16-8-11)19(3)4/h5-8,18H,1-4H3. The van der Waals surface area contributed by atoms with Gasteiger partial charge >= 0.3 is 0 Å². The van der Waals surface area contributed by atoms with E-state index < -0.39 is 0 Å². The number of aromatic nitrogens is 4. The van der Waals surface area contributed by atoms with Crippen LogP contribution in [0.5, 0.6) is 0 Å². The molecule has 0 aliphatic rings. The molecule has 0 fully saturated rings. The Balaban J connectivity index is 2.24. The molecule has 3 aromatic heterocycles. The van der Waals surface area contributed by atoms with Crippen LogP contribution in [0.25, 0.3) is 16.8 Å². The zero-order valence-electron chi connectivity index (χ0n) is 12.5. The Bertz CT molecular complexity index is 858. The number of hydrogen-bond acceptors (Lipinski definition) is 4. The molecule has 0 unspecified atom stereocenters. The van der Waals surface area contributed by atoms with Crippen LogP contribution in [0.15, 0.2) is 29.2 Å². The van der Waals surface area contributed by atoms with Crippen LogP contribution in [0.1, 0.15) is 11.4 Å². The molecular formula is C15H17N5O. The maximum Gasteiger partial charge on any atom is 0.272 e. The Labute approximate surface area is 122 Å². The van der Waals surface area contributed by atoms with E-state index in [0.717, 1.165) is 22.6 Å². The summed E-state index contributed by atoms with van der Waals surface area (Å²) in [4.78, 5) is 22.9. The molecule has 0 bridgehead atoms. The quantitative estimate of drug-likeness (QED) is 0.778. The summed E-state index contributed by atoms with van der Waals surface area (Å²) < 4.78 is 1.47. The molecule has 0 aromatic carbocycles. The molecule has 3 rings (SSSR count). The van der Waals surface area contributed by atoms with Crippen molar-refractivity contribution in [3.05, 3.63) is 46.1 Å². The van der Waals surface area contributed by atoms with E-state index in [0.29, 0.717) is 11.3 Å². The van der Waals surface area contributed by atoms with E-state index in [-0.39, 0.29) is 5.56 Å². The number of nitrogens with zero attached hydrogens (tertiary/aromatic N) is 4. The fourth-order valence-corrected chi connectivity index (χ4v) is 2.41. The summed E-state index contributed by atoms with van der Waals surface area (Å²) in [6.07, 6.45) is 1.81. The Kier molecular flexibility index (Phi) is 3.01. The van der Waals surface area contributed by atoms with Gasteiger partial charge in [-0.1, -0.05) is 0 Å². The van der Waals surface area contributed by atoms with E-state index in [1.54, 1.807) is 6.20 Å². The van der Waals surface area contributed by atoms with Crippen LogP contribution in [-0.4, -0.2) is 33.7 Å². The minimum absolute atomic E-state index is 0.107. The van der Waals surface area contributed by atoms with Gasteiger partial charge in [-0.3, -0.25) is 9.89 Å². The first kappa shape index (κ1) is 13.4. The van der Waals surface area contributed by atoms with E-state index in [2.05, 4.69) is 15.1 Å². The average Bonchev–Trinajstić information content (AvgIpc) is 2.75. The molecule has 108 valence electrons. The number of rotatable bonds is 2. The summed E-state index contributed by atoms with van der Waals surface area (Å²) in [5.74, 6) is 0.887. The number of H-pyrrole nitrogens is 1. The number of nitrogens with one attached hydrogen (secondary N) is 1. The van der Waals surface area contributed by atoms with Gasteiger partial charge in [0.15, 0.2) is 5.65 Å². The SMILES string of the molecule is Cc1cc(=O)n2[nH]c(C)c(-c3ccc(N(C)C)nc3)c2n1. The maximum absolute atomic E-state index is 12.0. The van der Waals surface area contributed by atoms with Gasteiger partial charge in [0.1, 0.15) is 5.82 Å². The summed E-state index contributed by atoms with van der Waals surface area (Å²) in [5, 5.41) is 3.06. The van der Waals surface area contributed by atoms with Gasteiger partial charge in [0.2, 0.25) is 0 Å². The summed E-state index contributed by atoms with van der Waals surface area (Å²) in [6, 6.07) is 5.46. The first-order chi connectivity index (χ1) is 9.97. The smallest absolute Gasteiger partial charge is 0.272 e. The molecule has 0 saturated heterocycles. The van der Waals surface area contributed by atoms with Crippen LogP contribution >= 0.6 is 0 Å². The second-order valence-corrected chi connectivity index (χ2v) is 5.31. The van der Waals surface area contributed by atoms with E-state index in [1.165, 1.54) is 10.6 Å². The lowest BCUT2D eigenvalue weighted by atomic mass is 10.1. The van der Waals surface area contributed by atoms with Crippen LogP contribution in [0.4, 0.5) is 5.82 Å². The summed E-state index contributed by atoms with van der Waals surface area (Å²) in [7, 11) is 3.90. The minimum atomic E-state index is -0.107. The van der Waals surface area contributed by atoms with Gasteiger partial charge in [-0.05, 0) is 26.0 Å². The van der Waals surface area contributed by atoms with E-state index in [1.807, 2.05) is 45.0 Å². The number of hydrogen-bond donors (Lipinski definition) is 1. The first-order valence-electron chi connectivity index (χ1n) is 6.70. The first-order valence-corrected chi connectivity index (χ1v) is 6.70. The van der Waals surface area contributed by atoms with Gasteiger partial charge in [0.05, 0.1) is 0 Å². The molecule has 6 nitrogen and oxygen atoms in total. The number of fused-ring (bicyclic) bond motifs is 1. The third kappa shape index (κ3) is 2.18. The topological polar surface area (TPSA) is 66.3 Å². The average molecular weight is 283 g/mol. The molecule has 0 aliphatic heterocycles. The third-order valence-electron chi connectivity index (χ3n) is 3.42. The number of anilines is 1. The lowest BCUT2D eigenvalue weighted by Gasteiger charge is -2.11. The maximum atomic E-state index is 12.0. The van der Waals surface area contributed by atoms with Crippen molar-refractivity contribution in [2.75, 3.05) is 19.0 Å². The van der Waals surface area contributed by atoms with Gasteiger partial charge in [0.25, 0.3) is 5.56 Å². The summed E-state index contributed by atoms with van der Waals surface area (Å²) in [5.41, 5.74) is 3.98. The van der Waals surface area contributed by atoms with Crippen molar-refractivity contribution in [3.8, 4) is 11.1 Å². The van der Waals surface area contributed by atoms with Crippen LogP contribution in [0.3, 0.4) is 0 Å². The Morgan fingerprint density at radius 1 is 1.24 bits per heavy atom. The fourth-order valence-electron chi connectivity index (χ4n) is 2.41. The van der Waals surface area contributed by atoms with Crippen molar-refractivity contribution in [2.24, 2.45) is 0 Å². The largest absolute Gasteiger partial charge is 0.363 e. The molecule has 0 radical (unpaired) electrons. The number of pyridine rings is 1. The molecule has 1 N–H and O–H groups in total. The fraction of sp³-hybridized carbons (Fsp3) is 0.267. The Morgan fingerprint density at radius 3 is 2.62 bits per heavy atom. The molecule has 0 amide bonds. The predicted octanol–water partition coefficient (Wildman–Crippen LogP) is 1.77. The Morgan fingerprint density at radius 2 is 2.00 bits per heavy atom. The third-order valence-corrected chi connectivity index (χ3v) is 3.42.